The van der Waals surface area contributed by atoms with E-state index in [1.807, 2.05) is 0 Å². The summed E-state index contributed by atoms with van der Waals surface area (Å²) >= 11 is 9.55. The minimum Gasteiger partial charge on any atom is -0.487 e. The van der Waals surface area contributed by atoms with Gasteiger partial charge in [-0.05, 0) is 44.0 Å². The highest BCUT2D eigenvalue weighted by molar-refractivity contribution is 9.10. The number of benzene rings is 2. The molecule has 0 aliphatic carbocycles. The molecule has 0 atom stereocenters. The summed E-state index contributed by atoms with van der Waals surface area (Å²) in [6.07, 6.45) is 0.292. The molecular formula is C22H19BrClFO5. The van der Waals surface area contributed by atoms with Gasteiger partial charge < -0.3 is 13.9 Å². The number of esters is 1. The molecule has 0 aliphatic rings. The van der Waals surface area contributed by atoms with Crippen LogP contribution in [0.25, 0.3) is 11.0 Å². The average molecular weight is 498 g/mol. The second-order valence-electron chi connectivity index (χ2n) is 6.60. The van der Waals surface area contributed by atoms with Crippen LogP contribution in [0.5, 0.6) is 5.75 Å². The Hall–Kier alpha value is -2.38. The molecular weight excluding hydrogens is 479 g/mol. The van der Waals surface area contributed by atoms with Gasteiger partial charge in [0.15, 0.2) is 0 Å². The van der Waals surface area contributed by atoms with Crippen molar-refractivity contribution in [2.75, 3.05) is 6.61 Å². The fourth-order valence-electron chi connectivity index (χ4n) is 3.04. The van der Waals surface area contributed by atoms with Crippen molar-refractivity contribution in [1.29, 1.82) is 0 Å². The topological polar surface area (TPSA) is 65.7 Å². The van der Waals surface area contributed by atoms with Gasteiger partial charge in [-0.3, -0.25) is 4.79 Å². The number of hydrogen-bond donors (Lipinski definition) is 0. The summed E-state index contributed by atoms with van der Waals surface area (Å²) in [5, 5.41) is 0.939. The second-order valence-corrected chi connectivity index (χ2v) is 7.92. The normalized spacial score (nSPS) is 11.0. The zero-order valence-electron chi connectivity index (χ0n) is 16.4. The molecule has 1 aromatic heterocycles. The maximum absolute atomic E-state index is 14.0. The fourth-order valence-corrected chi connectivity index (χ4v) is 3.60. The predicted octanol–water partition coefficient (Wildman–Crippen LogP) is 5.73. The van der Waals surface area contributed by atoms with Gasteiger partial charge >= 0.3 is 11.6 Å². The Morgan fingerprint density at radius 2 is 2.03 bits per heavy atom. The molecule has 3 aromatic rings. The van der Waals surface area contributed by atoms with Crippen molar-refractivity contribution >= 4 is 44.5 Å². The lowest BCUT2D eigenvalue weighted by atomic mass is 10.0. The summed E-state index contributed by atoms with van der Waals surface area (Å²) in [5.74, 6) is -0.512. The number of ether oxygens (including phenoxy) is 2. The van der Waals surface area contributed by atoms with Gasteiger partial charge in [0.05, 0.1) is 11.6 Å². The predicted molar refractivity (Wildman–Crippen MR) is 116 cm³/mol. The van der Waals surface area contributed by atoms with Crippen LogP contribution in [-0.2, 0) is 22.6 Å². The molecule has 0 radical (unpaired) electrons. The molecule has 158 valence electrons. The minimum atomic E-state index is -0.531. The van der Waals surface area contributed by atoms with E-state index in [1.165, 1.54) is 12.1 Å². The lowest BCUT2D eigenvalue weighted by Crippen LogP contribution is -2.13. The molecule has 0 amide bonds. The van der Waals surface area contributed by atoms with Crippen LogP contribution < -0.4 is 10.4 Å². The third kappa shape index (κ3) is 5.02. The van der Waals surface area contributed by atoms with Crippen LogP contribution in [0.1, 0.15) is 30.0 Å². The van der Waals surface area contributed by atoms with Gasteiger partial charge in [0.25, 0.3) is 0 Å². The Bertz CT molecular complexity index is 1160. The molecule has 0 spiro atoms. The van der Waals surface area contributed by atoms with Crippen molar-refractivity contribution in [3.63, 3.8) is 0 Å². The van der Waals surface area contributed by atoms with Crippen molar-refractivity contribution in [1.82, 2.24) is 0 Å². The van der Waals surface area contributed by atoms with Crippen LogP contribution in [0.3, 0.4) is 0 Å². The lowest BCUT2D eigenvalue weighted by Gasteiger charge is -2.12. The minimum absolute atomic E-state index is 0.0365. The first-order valence-electron chi connectivity index (χ1n) is 9.28. The number of carbonyl (C=O) groups is 1. The summed E-state index contributed by atoms with van der Waals surface area (Å²) in [7, 11) is 0. The Morgan fingerprint density at radius 3 is 2.73 bits per heavy atom. The molecule has 0 saturated carbocycles. The number of carbonyl (C=O) groups excluding carboxylic acids is 1. The van der Waals surface area contributed by atoms with Crippen LogP contribution in [0.4, 0.5) is 4.39 Å². The van der Waals surface area contributed by atoms with Crippen LogP contribution >= 0.6 is 27.5 Å². The summed E-state index contributed by atoms with van der Waals surface area (Å²) in [5.41, 5.74) is 1.21. The molecule has 0 saturated heterocycles. The summed E-state index contributed by atoms with van der Waals surface area (Å²) in [6.45, 7) is 3.74. The van der Waals surface area contributed by atoms with Crippen molar-refractivity contribution in [2.24, 2.45) is 0 Å². The van der Waals surface area contributed by atoms with Gasteiger partial charge in [0.2, 0.25) is 0 Å². The van der Waals surface area contributed by atoms with E-state index in [9.17, 15) is 14.0 Å². The van der Waals surface area contributed by atoms with Crippen molar-refractivity contribution in [3.05, 3.63) is 72.8 Å². The zero-order chi connectivity index (χ0) is 21.8. The third-order valence-corrected chi connectivity index (χ3v) is 5.41. The largest absolute Gasteiger partial charge is 0.487 e. The van der Waals surface area contributed by atoms with Gasteiger partial charge in [0, 0.05) is 33.5 Å². The molecule has 2 aromatic carbocycles. The number of rotatable bonds is 7. The molecule has 0 N–H and O–H groups in total. The fraction of sp³-hybridized carbons (Fsp3) is 0.273. The van der Waals surface area contributed by atoms with E-state index in [0.29, 0.717) is 37.2 Å². The van der Waals surface area contributed by atoms with Crippen LogP contribution in [0, 0.1) is 12.7 Å². The Balaban J connectivity index is 1.87. The summed E-state index contributed by atoms with van der Waals surface area (Å²) in [6, 6.07) is 7.81. The van der Waals surface area contributed by atoms with Crippen LogP contribution in [-0.4, -0.2) is 12.6 Å². The first kappa shape index (κ1) is 22.3. The van der Waals surface area contributed by atoms with E-state index >= 15 is 0 Å². The monoisotopic (exact) mass is 496 g/mol. The maximum Gasteiger partial charge on any atom is 0.339 e. The first-order valence-corrected chi connectivity index (χ1v) is 10.5. The van der Waals surface area contributed by atoms with Gasteiger partial charge in [-0.1, -0.05) is 33.6 Å². The molecule has 3 rings (SSSR count). The quantitative estimate of drug-likeness (QED) is 0.308. The van der Waals surface area contributed by atoms with Gasteiger partial charge in [0.1, 0.15) is 23.8 Å². The van der Waals surface area contributed by atoms with Gasteiger partial charge in [-0.25, -0.2) is 9.18 Å². The standard InChI is InChI=1S/C22H19BrClFO5/c1-3-28-21(26)7-6-15-12(2)16-9-17(24)20(10-19(16)30-22(15)27)29-11-13-4-5-14(23)8-18(13)25/h4-5,8-10H,3,6-7,11H2,1-2H3. The molecule has 0 fully saturated rings. The third-order valence-electron chi connectivity index (χ3n) is 4.62. The zero-order valence-corrected chi connectivity index (χ0v) is 18.7. The van der Waals surface area contributed by atoms with Crippen molar-refractivity contribution in [3.8, 4) is 5.75 Å². The van der Waals surface area contributed by atoms with Crippen molar-refractivity contribution in [2.45, 2.75) is 33.3 Å². The van der Waals surface area contributed by atoms with Crippen molar-refractivity contribution < 1.29 is 23.1 Å². The molecule has 0 aliphatic heterocycles. The average Bonchev–Trinajstić information content (AvgIpc) is 2.68. The van der Waals surface area contributed by atoms with E-state index in [1.54, 1.807) is 32.0 Å². The summed E-state index contributed by atoms with van der Waals surface area (Å²) < 4.78 is 30.6. The number of aryl methyl sites for hydroxylation is 1. The van der Waals surface area contributed by atoms with Gasteiger partial charge in [-0.15, -0.1) is 0 Å². The highest BCUT2D eigenvalue weighted by atomic mass is 79.9. The van der Waals surface area contributed by atoms with Crippen LogP contribution in [0.2, 0.25) is 5.02 Å². The van der Waals surface area contributed by atoms with Crippen LogP contribution in [0.15, 0.2) is 44.0 Å². The SMILES string of the molecule is CCOC(=O)CCc1c(C)c2cc(Cl)c(OCc3ccc(Br)cc3F)cc2oc1=O. The lowest BCUT2D eigenvalue weighted by molar-refractivity contribution is -0.143. The second kappa shape index (κ2) is 9.62. The summed E-state index contributed by atoms with van der Waals surface area (Å²) in [4.78, 5) is 24.0. The molecule has 8 heteroatoms. The molecule has 1 heterocycles. The van der Waals surface area contributed by atoms with Gasteiger partial charge in [-0.2, -0.15) is 0 Å². The Morgan fingerprint density at radius 1 is 1.27 bits per heavy atom. The molecule has 0 unspecified atom stereocenters. The van der Waals surface area contributed by atoms with E-state index in [4.69, 9.17) is 25.5 Å². The highest BCUT2D eigenvalue weighted by Gasteiger charge is 2.16. The molecule has 0 bridgehead atoms. The van der Waals surface area contributed by atoms with E-state index in [-0.39, 0.29) is 37.8 Å². The van der Waals surface area contributed by atoms with E-state index < -0.39 is 11.4 Å². The highest BCUT2D eigenvalue weighted by Crippen LogP contribution is 2.33. The van der Waals surface area contributed by atoms with E-state index in [0.717, 1.165) is 0 Å². The molecule has 30 heavy (non-hydrogen) atoms. The smallest absolute Gasteiger partial charge is 0.339 e. The Labute approximate surface area is 185 Å². The number of halogens is 3. The maximum atomic E-state index is 14.0. The van der Waals surface area contributed by atoms with E-state index in [2.05, 4.69) is 15.9 Å². The Kier molecular flexibility index (Phi) is 7.15. The number of fused-ring (bicyclic) bond motifs is 1. The molecule has 5 nitrogen and oxygen atoms in total. The number of hydrogen-bond acceptors (Lipinski definition) is 5. The first-order chi connectivity index (χ1) is 14.3.